The largest absolute Gasteiger partial charge is 0.472 e. The first-order valence-corrected chi connectivity index (χ1v) is 5.79. The van der Waals surface area contributed by atoms with E-state index < -0.39 is 0 Å². The zero-order chi connectivity index (χ0) is 12.1. The van der Waals surface area contributed by atoms with Crippen molar-refractivity contribution in [2.45, 2.75) is 19.4 Å². The Hall–Kier alpha value is -1.84. The summed E-state index contributed by atoms with van der Waals surface area (Å²) in [5.74, 6) is 0.678. The Kier molecular flexibility index (Phi) is 3.75. The summed E-state index contributed by atoms with van der Waals surface area (Å²) < 4.78 is 5.70. The van der Waals surface area contributed by atoms with Crippen LogP contribution in [-0.4, -0.2) is 35.0 Å². The number of nitrogens with zero attached hydrogens (tertiary/aromatic N) is 2. The second kappa shape index (κ2) is 5.48. The molecule has 0 bridgehead atoms. The highest BCUT2D eigenvalue weighted by atomic mass is 16.5. The quantitative estimate of drug-likeness (QED) is 0.744. The lowest BCUT2D eigenvalue weighted by Crippen LogP contribution is -2.29. The van der Waals surface area contributed by atoms with E-state index in [1.165, 1.54) is 0 Å². The standard InChI is InChI=1S/C13H16N2O2/c1-2-5-13(16)15-9-7-11(10-15)17-12-6-3-4-8-14-12/h2-6,8,11H,7,9-10H2,1H3. The molecule has 0 aliphatic carbocycles. The van der Waals surface area contributed by atoms with Gasteiger partial charge in [-0.25, -0.2) is 4.98 Å². The van der Waals surface area contributed by atoms with Gasteiger partial charge in [-0.15, -0.1) is 0 Å². The van der Waals surface area contributed by atoms with Gasteiger partial charge in [-0.2, -0.15) is 0 Å². The van der Waals surface area contributed by atoms with Crippen molar-refractivity contribution in [2.75, 3.05) is 13.1 Å². The number of rotatable bonds is 3. The predicted octanol–water partition coefficient (Wildman–Crippen LogP) is 1.64. The third-order valence-corrected chi connectivity index (χ3v) is 2.69. The van der Waals surface area contributed by atoms with Crippen LogP contribution in [0.25, 0.3) is 0 Å². The summed E-state index contributed by atoms with van der Waals surface area (Å²) in [6.07, 6.45) is 5.96. The van der Waals surface area contributed by atoms with E-state index in [1.807, 2.05) is 25.1 Å². The van der Waals surface area contributed by atoms with Gasteiger partial charge in [0.25, 0.3) is 0 Å². The molecular weight excluding hydrogens is 216 g/mol. The van der Waals surface area contributed by atoms with Gasteiger partial charge in [0, 0.05) is 25.2 Å². The first-order chi connectivity index (χ1) is 8.29. The number of pyridine rings is 1. The third-order valence-electron chi connectivity index (χ3n) is 2.69. The average Bonchev–Trinajstić information content (AvgIpc) is 2.79. The number of ether oxygens (including phenoxy) is 1. The Labute approximate surface area is 101 Å². The summed E-state index contributed by atoms with van der Waals surface area (Å²) in [7, 11) is 0. The van der Waals surface area contributed by atoms with Crippen LogP contribution < -0.4 is 4.74 Å². The van der Waals surface area contributed by atoms with Crippen LogP contribution in [-0.2, 0) is 4.79 Å². The van der Waals surface area contributed by atoms with Crippen molar-refractivity contribution in [1.82, 2.24) is 9.88 Å². The van der Waals surface area contributed by atoms with Gasteiger partial charge in [0.1, 0.15) is 6.10 Å². The van der Waals surface area contributed by atoms with Gasteiger partial charge in [0.15, 0.2) is 0 Å². The minimum absolute atomic E-state index is 0.0547. The average molecular weight is 232 g/mol. The first kappa shape index (κ1) is 11.6. The summed E-state index contributed by atoms with van der Waals surface area (Å²) in [5, 5.41) is 0. The van der Waals surface area contributed by atoms with Gasteiger partial charge in [-0.05, 0) is 19.1 Å². The van der Waals surface area contributed by atoms with Crippen molar-refractivity contribution in [2.24, 2.45) is 0 Å². The van der Waals surface area contributed by atoms with Gasteiger partial charge in [-0.1, -0.05) is 12.1 Å². The normalized spacial score (nSPS) is 19.8. The number of amides is 1. The van der Waals surface area contributed by atoms with Gasteiger partial charge < -0.3 is 9.64 Å². The number of carbonyl (C=O) groups excluding carboxylic acids is 1. The fourth-order valence-corrected chi connectivity index (χ4v) is 1.86. The zero-order valence-electron chi connectivity index (χ0n) is 9.87. The molecule has 0 radical (unpaired) electrons. The second-order valence-electron chi connectivity index (χ2n) is 3.98. The Morgan fingerprint density at radius 2 is 2.47 bits per heavy atom. The fourth-order valence-electron chi connectivity index (χ4n) is 1.86. The highest BCUT2D eigenvalue weighted by Gasteiger charge is 2.26. The number of likely N-dealkylation sites (tertiary alicyclic amines) is 1. The van der Waals surface area contributed by atoms with Gasteiger partial charge in [-0.3, -0.25) is 4.79 Å². The maximum atomic E-state index is 11.6. The van der Waals surface area contributed by atoms with Crippen LogP contribution >= 0.6 is 0 Å². The molecule has 0 aromatic carbocycles. The highest BCUT2D eigenvalue weighted by molar-refractivity contribution is 5.87. The van der Waals surface area contributed by atoms with Crippen LogP contribution in [0.4, 0.5) is 0 Å². The van der Waals surface area contributed by atoms with Crippen LogP contribution in [0.1, 0.15) is 13.3 Å². The molecule has 90 valence electrons. The molecule has 1 aromatic rings. The van der Waals surface area contributed by atoms with Gasteiger partial charge in [0.05, 0.1) is 6.54 Å². The molecule has 4 heteroatoms. The van der Waals surface area contributed by atoms with Crippen molar-refractivity contribution in [3.05, 3.63) is 36.5 Å². The van der Waals surface area contributed by atoms with Crippen LogP contribution in [0.3, 0.4) is 0 Å². The fraction of sp³-hybridized carbons (Fsp3) is 0.385. The van der Waals surface area contributed by atoms with E-state index in [0.29, 0.717) is 12.4 Å². The summed E-state index contributed by atoms with van der Waals surface area (Å²) in [6.45, 7) is 3.23. The first-order valence-electron chi connectivity index (χ1n) is 5.79. The summed E-state index contributed by atoms with van der Waals surface area (Å²) in [5.41, 5.74) is 0. The van der Waals surface area contributed by atoms with E-state index in [0.717, 1.165) is 13.0 Å². The number of allylic oxidation sites excluding steroid dienone is 1. The molecule has 1 unspecified atom stereocenters. The minimum atomic E-state index is 0.0547. The second-order valence-corrected chi connectivity index (χ2v) is 3.98. The molecule has 1 aliphatic heterocycles. The van der Waals surface area contributed by atoms with Gasteiger partial charge in [0.2, 0.25) is 11.8 Å². The molecule has 0 saturated carbocycles. The number of aromatic nitrogens is 1. The third kappa shape index (κ3) is 3.06. The molecule has 2 rings (SSSR count). The lowest BCUT2D eigenvalue weighted by atomic mass is 10.3. The number of carbonyl (C=O) groups is 1. The molecule has 1 aromatic heterocycles. The molecule has 0 N–H and O–H groups in total. The van der Waals surface area contributed by atoms with Gasteiger partial charge >= 0.3 is 0 Å². The van der Waals surface area contributed by atoms with E-state index in [-0.39, 0.29) is 12.0 Å². The highest BCUT2D eigenvalue weighted by Crippen LogP contribution is 2.16. The van der Waals surface area contributed by atoms with E-state index in [1.54, 1.807) is 23.2 Å². The van der Waals surface area contributed by atoms with Crippen molar-refractivity contribution in [3.63, 3.8) is 0 Å². The van der Waals surface area contributed by atoms with Crippen LogP contribution in [0.15, 0.2) is 36.5 Å². The van der Waals surface area contributed by atoms with E-state index in [2.05, 4.69) is 4.98 Å². The molecule has 1 atom stereocenters. The summed E-state index contributed by atoms with van der Waals surface area (Å²) in [6, 6.07) is 5.57. The van der Waals surface area contributed by atoms with Crippen LogP contribution in [0.5, 0.6) is 5.88 Å². The maximum absolute atomic E-state index is 11.6. The molecule has 1 aliphatic rings. The van der Waals surface area contributed by atoms with Crippen molar-refractivity contribution >= 4 is 5.91 Å². The lowest BCUT2D eigenvalue weighted by Gasteiger charge is -2.15. The van der Waals surface area contributed by atoms with E-state index in [4.69, 9.17) is 4.74 Å². The monoisotopic (exact) mass is 232 g/mol. The molecule has 2 heterocycles. The minimum Gasteiger partial charge on any atom is -0.472 e. The summed E-state index contributed by atoms with van der Waals surface area (Å²) in [4.78, 5) is 17.5. The van der Waals surface area contributed by atoms with Crippen molar-refractivity contribution < 1.29 is 9.53 Å². The Morgan fingerprint density at radius 1 is 1.59 bits per heavy atom. The molecular formula is C13H16N2O2. The zero-order valence-corrected chi connectivity index (χ0v) is 9.87. The molecule has 17 heavy (non-hydrogen) atoms. The SMILES string of the molecule is CC=CC(=O)N1CCC(Oc2ccccn2)C1. The lowest BCUT2D eigenvalue weighted by molar-refractivity contribution is -0.125. The molecule has 1 fully saturated rings. The number of hydrogen-bond acceptors (Lipinski definition) is 3. The van der Waals surface area contributed by atoms with Crippen molar-refractivity contribution in [1.29, 1.82) is 0 Å². The molecule has 1 saturated heterocycles. The predicted molar refractivity (Wildman–Crippen MR) is 64.7 cm³/mol. The number of hydrogen-bond donors (Lipinski definition) is 0. The summed E-state index contributed by atoms with van der Waals surface area (Å²) >= 11 is 0. The van der Waals surface area contributed by atoms with Crippen LogP contribution in [0.2, 0.25) is 0 Å². The molecule has 4 nitrogen and oxygen atoms in total. The molecule has 1 amide bonds. The Balaban J connectivity index is 1.88. The Bertz CT molecular complexity index is 403. The molecule has 0 spiro atoms. The van der Waals surface area contributed by atoms with E-state index in [9.17, 15) is 4.79 Å². The smallest absolute Gasteiger partial charge is 0.246 e. The van der Waals surface area contributed by atoms with Crippen molar-refractivity contribution in [3.8, 4) is 5.88 Å². The van der Waals surface area contributed by atoms with E-state index >= 15 is 0 Å². The maximum Gasteiger partial charge on any atom is 0.246 e. The van der Waals surface area contributed by atoms with Crippen LogP contribution in [0, 0.1) is 0 Å². The Morgan fingerprint density at radius 3 is 3.18 bits per heavy atom. The topological polar surface area (TPSA) is 42.4 Å².